The zero-order chi connectivity index (χ0) is 24.3. The predicted molar refractivity (Wildman–Crippen MR) is 141 cm³/mol. The van der Waals surface area contributed by atoms with Crippen molar-refractivity contribution in [2.45, 2.75) is 62.9 Å². The molecule has 1 N–H and O–H groups in total. The van der Waals surface area contributed by atoms with E-state index in [-0.39, 0.29) is 10.8 Å². The monoisotopic (exact) mass is 472 g/mol. The molecule has 1 aromatic heterocycles. The van der Waals surface area contributed by atoms with Crippen LogP contribution in [0.2, 0.25) is 0 Å². The third kappa shape index (κ3) is 5.41. The topological polar surface area (TPSA) is 63.1 Å². The Morgan fingerprint density at radius 1 is 0.971 bits per heavy atom. The molecule has 0 amide bonds. The number of aryl methyl sites for hydroxylation is 1. The van der Waals surface area contributed by atoms with E-state index in [0.717, 1.165) is 22.9 Å². The Bertz CT molecular complexity index is 1200. The van der Waals surface area contributed by atoms with Gasteiger partial charge in [0.2, 0.25) is 0 Å². The highest BCUT2D eigenvalue weighted by molar-refractivity contribution is 7.99. The molecule has 0 saturated heterocycles. The van der Waals surface area contributed by atoms with Crippen LogP contribution in [-0.4, -0.2) is 26.8 Å². The number of hydrogen-bond acceptors (Lipinski definition) is 4. The highest BCUT2D eigenvalue weighted by atomic mass is 32.2. The van der Waals surface area contributed by atoms with Crippen LogP contribution in [0.4, 0.5) is 0 Å². The fraction of sp³-hybridized carbons (Fsp3) is 0.345. The van der Waals surface area contributed by atoms with Gasteiger partial charge in [0.25, 0.3) is 0 Å². The van der Waals surface area contributed by atoms with Gasteiger partial charge in [-0.25, -0.2) is 14.8 Å². The van der Waals surface area contributed by atoms with Gasteiger partial charge in [0.15, 0.2) is 5.16 Å². The van der Waals surface area contributed by atoms with Crippen LogP contribution in [0.5, 0.6) is 0 Å². The summed E-state index contributed by atoms with van der Waals surface area (Å²) in [5.74, 6) is -0.00179. The van der Waals surface area contributed by atoms with Gasteiger partial charge in [-0.3, -0.25) is 0 Å². The maximum Gasteiger partial charge on any atom is 0.335 e. The van der Waals surface area contributed by atoms with E-state index in [1.807, 2.05) is 18.2 Å². The number of carboxylic acid groups (broad SMARTS) is 1. The second-order valence-corrected chi connectivity index (χ2v) is 11.3. The quantitative estimate of drug-likeness (QED) is 0.227. The fourth-order valence-corrected chi connectivity index (χ4v) is 5.36. The van der Waals surface area contributed by atoms with E-state index in [4.69, 9.17) is 5.11 Å². The summed E-state index contributed by atoms with van der Waals surface area (Å²) in [7, 11) is 0. The average molecular weight is 473 g/mol. The molecule has 34 heavy (non-hydrogen) atoms. The smallest absolute Gasteiger partial charge is 0.335 e. The molecular formula is C29H32N2O2S. The van der Waals surface area contributed by atoms with Crippen LogP contribution >= 0.6 is 11.8 Å². The van der Waals surface area contributed by atoms with Crippen molar-refractivity contribution in [3.8, 4) is 0 Å². The first-order valence-electron chi connectivity index (χ1n) is 11.7. The molecule has 5 heteroatoms. The first-order valence-corrected chi connectivity index (χ1v) is 12.7. The van der Waals surface area contributed by atoms with Crippen molar-refractivity contribution in [1.82, 2.24) is 9.97 Å². The Kier molecular flexibility index (Phi) is 6.94. The van der Waals surface area contributed by atoms with Gasteiger partial charge >= 0.3 is 5.97 Å². The Hall–Kier alpha value is -2.92. The van der Waals surface area contributed by atoms with Gasteiger partial charge in [0.05, 0.1) is 5.56 Å². The lowest BCUT2D eigenvalue weighted by molar-refractivity contribution is 0.0697. The molecule has 4 rings (SSSR count). The minimum Gasteiger partial charge on any atom is -0.478 e. The Morgan fingerprint density at radius 3 is 2.21 bits per heavy atom. The van der Waals surface area contributed by atoms with Crippen molar-refractivity contribution in [1.29, 1.82) is 0 Å². The second-order valence-electron chi connectivity index (χ2n) is 10.3. The number of rotatable bonds is 7. The molecule has 1 heterocycles. The van der Waals surface area contributed by atoms with Crippen LogP contribution in [0.3, 0.4) is 0 Å². The number of aromatic carboxylic acids is 1. The van der Waals surface area contributed by atoms with E-state index < -0.39 is 5.97 Å². The van der Waals surface area contributed by atoms with E-state index in [2.05, 4.69) is 61.9 Å². The summed E-state index contributed by atoms with van der Waals surface area (Å²) in [4.78, 5) is 19.8. The molecule has 2 aromatic carbocycles. The van der Waals surface area contributed by atoms with E-state index in [9.17, 15) is 4.79 Å². The number of carbonyl (C=O) groups is 1. The van der Waals surface area contributed by atoms with Crippen LogP contribution in [0.25, 0.3) is 12.2 Å². The number of fused-ring (bicyclic) bond motifs is 1. The summed E-state index contributed by atoms with van der Waals surface area (Å²) >= 11 is 1.68. The average Bonchev–Trinajstić information content (AvgIpc) is 2.82. The Morgan fingerprint density at radius 2 is 1.59 bits per heavy atom. The lowest BCUT2D eigenvalue weighted by atomic mass is 9.62. The third-order valence-electron chi connectivity index (χ3n) is 6.87. The lowest BCUT2D eigenvalue weighted by Crippen LogP contribution is -2.34. The van der Waals surface area contributed by atoms with Gasteiger partial charge in [-0.15, -0.1) is 0 Å². The number of thioether (sulfide) groups is 1. The van der Waals surface area contributed by atoms with Crippen molar-refractivity contribution in [3.05, 3.63) is 88.2 Å². The zero-order valence-corrected chi connectivity index (χ0v) is 21.2. The molecule has 0 unspecified atom stereocenters. The number of benzene rings is 2. The summed E-state index contributed by atoms with van der Waals surface area (Å²) in [6.07, 6.45) is 11.1. The van der Waals surface area contributed by atoms with Crippen molar-refractivity contribution in [3.63, 3.8) is 0 Å². The summed E-state index contributed by atoms with van der Waals surface area (Å²) in [6.45, 7) is 9.41. The van der Waals surface area contributed by atoms with Crippen LogP contribution in [0.1, 0.15) is 78.7 Å². The summed E-state index contributed by atoms with van der Waals surface area (Å²) < 4.78 is 0. The number of carboxylic acids is 1. The molecule has 3 aromatic rings. The van der Waals surface area contributed by atoms with Gasteiger partial charge in [-0.2, -0.15) is 0 Å². The number of nitrogens with zero attached hydrogens (tertiary/aromatic N) is 2. The standard InChI is InChI=1S/C29H32N2O2S/c1-28(2)13-14-29(3,4)25-19-23(12-17-34-27-30-15-5-16-31-27)22(18-24(25)28)11-8-20-6-9-21(10-7-20)26(32)33/h5-11,15-16,18-19H,12-14,17H2,1-4H3,(H,32,33)/b11-8+. The molecule has 0 bridgehead atoms. The van der Waals surface area contributed by atoms with Gasteiger partial charge in [-0.1, -0.05) is 75.9 Å². The largest absolute Gasteiger partial charge is 0.478 e. The predicted octanol–water partition coefficient (Wildman–Crippen LogP) is 7.03. The Labute approximate surface area is 206 Å². The van der Waals surface area contributed by atoms with Gasteiger partial charge < -0.3 is 5.11 Å². The van der Waals surface area contributed by atoms with E-state index >= 15 is 0 Å². The molecule has 1 aliphatic carbocycles. The van der Waals surface area contributed by atoms with Crippen LogP contribution in [0, 0.1) is 0 Å². The maximum atomic E-state index is 11.2. The summed E-state index contributed by atoms with van der Waals surface area (Å²) in [6, 6.07) is 13.7. The van der Waals surface area contributed by atoms with Crippen molar-refractivity contribution < 1.29 is 9.90 Å². The van der Waals surface area contributed by atoms with Gasteiger partial charge in [0, 0.05) is 18.1 Å². The molecule has 0 fully saturated rings. The van der Waals surface area contributed by atoms with Crippen LogP contribution in [0.15, 0.2) is 60.0 Å². The SMILES string of the molecule is CC1(C)CCC(C)(C)c2cc(CCSc3ncccn3)c(/C=C/c3ccc(C(=O)O)cc3)cc21. The molecule has 0 saturated carbocycles. The highest BCUT2D eigenvalue weighted by Crippen LogP contribution is 2.46. The van der Waals surface area contributed by atoms with Crippen LogP contribution < -0.4 is 0 Å². The molecule has 0 spiro atoms. The van der Waals surface area contributed by atoms with E-state index in [1.165, 1.54) is 35.1 Å². The Balaban J connectivity index is 1.68. The van der Waals surface area contributed by atoms with E-state index in [0.29, 0.717) is 5.56 Å². The molecule has 1 aliphatic rings. The minimum absolute atomic E-state index is 0.141. The number of hydrogen-bond donors (Lipinski definition) is 1. The summed E-state index contributed by atoms with van der Waals surface area (Å²) in [5, 5.41) is 9.96. The maximum absolute atomic E-state index is 11.2. The van der Waals surface area contributed by atoms with E-state index in [1.54, 1.807) is 36.3 Å². The van der Waals surface area contributed by atoms with Gasteiger partial charge in [0.1, 0.15) is 0 Å². The first kappa shape index (κ1) is 24.2. The van der Waals surface area contributed by atoms with Crippen molar-refractivity contribution >= 4 is 29.9 Å². The summed E-state index contributed by atoms with van der Waals surface area (Å²) in [5.41, 5.74) is 7.03. The molecule has 176 valence electrons. The third-order valence-corrected chi connectivity index (χ3v) is 7.75. The molecule has 4 nitrogen and oxygen atoms in total. The minimum atomic E-state index is -0.905. The second kappa shape index (κ2) is 9.75. The van der Waals surface area contributed by atoms with Crippen molar-refractivity contribution in [2.24, 2.45) is 0 Å². The molecular weight excluding hydrogens is 440 g/mol. The number of aromatic nitrogens is 2. The molecule has 0 radical (unpaired) electrons. The first-order chi connectivity index (χ1) is 16.2. The molecule has 0 atom stereocenters. The lowest BCUT2D eigenvalue weighted by Gasteiger charge is -2.42. The molecule has 0 aliphatic heterocycles. The fourth-order valence-electron chi connectivity index (χ4n) is 4.58. The zero-order valence-electron chi connectivity index (χ0n) is 20.3. The van der Waals surface area contributed by atoms with Crippen LogP contribution in [-0.2, 0) is 17.3 Å². The highest BCUT2D eigenvalue weighted by Gasteiger charge is 2.37. The van der Waals surface area contributed by atoms with Gasteiger partial charge in [-0.05, 0) is 76.1 Å². The normalized spacial score (nSPS) is 16.4. The van der Waals surface area contributed by atoms with Crippen molar-refractivity contribution in [2.75, 3.05) is 5.75 Å².